The van der Waals surface area contributed by atoms with Gasteiger partial charge in [0.05, 0.1) is 19.3 Å². The molecule has 1 atom stereocenters. The largest absolute Gasteiger partial charge is 0.381 e. The number of guanidine groups is 1. The van der Waals surface area contributed by atoms with Crippen molar-refractivity contribution < 1.29 is 9.47 Å². The molecule has 0 radical (unpaired) electrons. The number of rotatable bonds is 8. The lowest BCUT2D eigenvalue weighted by Crippen LogP contribution is -2.41. The van der Waals surface area contributed by atoms with Crippen LogP contribution in [0.3, 0.4) is 0 Å². The van der Waals surface area contributed by atoms with Crippen molar-refractivity contribution in [2.75, 3.05) is 52.5 Å². The lowest BCUT2D eigenvalue weighted by Gasteiger charge is -2.29. The Labute approximate surface area is 217 Å². The average Bonchev–Trinajstić information content (AvgIpc) is 3.30. The zero-order chi connectivity index (χ0) is 22.0. The Morgan fingerprint density at radius 2 is 1.88 bits per heavy atom. The summed E-state index contributed by atoms with van der Waals surface area (Å²) < 4.78 is 11.5. The van der Waals surface area contributed by atoms with Crippen LogP contribution in [0, 0.1) is 5.92 Å². The first-order chi connectivity index (χ1) is 15.8. The molecule has 33 heavy (non-hydrogen) atoms. The van der Waals surface area contributed by atoms with Crippen molar-refractivity contribution in [2.24, 2.45) is 10.9 Å². The molecule has 1 N–H and O–H groups in total. The Hall–Kier alpha value is -0.900. The molecular weight excluding hydrogens is 527 g/mol. The molecule has 3 saturated heterocycles. The summed E-state index contributed by atoms with van der Waals surface area (Å²) in [5.41, 5.74) is 2.48. The Kier molecular flexibility index (Phi) is 11.7. The lowest BCUT2D eigenvalue weighted by molar-refractivity contribution is -0.0390. The van der Waals surface area contributed by atoms with Gasteiger partial charge in [-0.1, -0.05) is 30.7 Å². The molecule has 0 spiro atoms. The van der Waals surface area contributed by atoms with E-state index in [9.17, 15) is 0 Å². The highest BCUT2D eigenvalue weighted by Gasteiger charge is 2.27. The molecule has 1 aromatic rings. The highest BCUT2D eigenvalue weighted by atomic mass is 127. The van der Waals surface area contributed by atoms with Gasteiger partial charge in [-0.05, 0) is 69.2 Å². The molecule has 3 fully saturated rings. The minimum Gasteiger partial charge on any atom is -0.381 e. The number of halogens is 1. The van der Waals surface area contributed by atoms with Crippen molar-refractivity contribution in [3.05, 3.63) is 35.4 Å². The minimum atomic E-state index is 0. The number of nitrogens with one attached hydrogen (secondary N) is 1. The van der Waals surface area contributed by atoms with Crippen LogP contribution in [0.25, 0.3) is 0 Å². The fraction of sp³-hybridized carbons (Fsp3) is 0.731. The van der Waals surface area contributed by atoms with Gasteiger partial charge in [0.25, 0.3) is 0 Å². The summed E-state index contributed by atoms with van der Waals surface area (Å²) in [5.74, 6) is 1.83. The fourth-order valence-corrected chi connectivity index (χ4v) is 5.15. The number of aliphatic imine (C=N–C) groups is 1. The monoisotopic (exact) mass is 570 g/mol. The van der Waals surface area contributed by atoms with E-state index in [1.165, 1.54) is 56.4 Å². The molecule has 3 aliphatic rings. The van der Waals surface area contributed by atoms with Gasteiger partial charge in [-0.25, -0.2) is 4.99 Å². The fourth-order valence-electron chi connectivity index (χ4n) is 5.15. The van der Waals surface area contributed by atoms with Crippen molar-refractivity contribution in [2.45, 2.75) is 64.7 Å². The van der Waals surface area contributed by atoms with Crippen LogP contribution in [-0.4, -0.2) is 74.3 Å². The van der Waals surface area contributed by atoms with Crippen LogP contribution < -0.4 is 5.32 Å². The Morgan fingerprint density at radius 1 is 1.09 bits per heavy atom. The van der Waals surface area contributed by atoms with Gasteiger partial charge in [0.15, 0.2) is 5.96 Å². The van der Waals surface area contributed by atoms with Gasteiger partial charge in [-0.15, -0.1) is 24.0 Å². The molecule has 1 unspecified atom stereocenters. The number of nitrogens with zero attached hydrogens (tertiary/aromatic N) is 3. The van der Waals surface area contributed by atoms with E-state index in [2.05, 4.69) is 46.3 Å². The maximum atomic E-state index is 6.10. The van der Waals surface area contributed by atoms with Gasteiger partial charge < -0.3 is 24.6 Å². The molecule has 7 heteroatoms. The molecule has 3 aliphatic heterocycles. The topological polar surface area (TPSA) is 49.3 Å². The maximum absolute atomic E-state index is 6.10. The first-order valence-corrected chi connectivity index (χ1v) is 12.8. The van der Waals surface area contributed by atoms with Gasteiger partial charge in [0.1, 0.15) is 0 Å². The quantitative estimate of drug-likeness (QED) is 0.288. The predicted molar refractivity (Wildman–Crippen MR) is 145 cm³/mol. The molecular formula is C26H43IN4O2. The van der Waals surface area contributed by atoms with Crippen molar-refractivity contribution in [3.63, 3.8) is 0 Å². The second-order valence-corrected chi connectivity index (χ2v) is 9.57. The zero-order valence-corrected chi connectivity index (χ0v) is 22.7. The van der Waals surface area contributed by atoms with Crippen LogP contribution in [0.2, 0.25) is 0 Å². The van der Waals surface area contributed by atoms with E-state index in [1.54, 1.807) is 0 Å². The SMILES string of the molecule is CCNC(=NCc1cccc(COC2CCOCC2)c1)N1CCC(CN2CCCCC2)C1.I. The predicted octanol–water partition coefficient (Wildman–Crippen LogP) is 4.27. The smallest absolute Gasteiger partial charge is 0.194 e. The second kappa shape index (κ2) is 14.5. The first-order valence-electron chi connectivity index (χ1n) is 12.8. The molecule has 0 aromatic heterocycles. The molecule has 0 bridgehead atoms. The van der Waals surface area contributed by atoms with Crippen LogP contribution in [0.5, 0.6) is 0 Å². The van der Waals surface area contributed by atoms with Gasteiger partial charge in [0.2, 0.25) is 0 Å². The van der Waals surface area contributed by atoms with Crippen molar-refractivity contribution >= 4 is 29.9 Å². The highest BCUT2D eigenvalue weighted by molar-refractivity contribution is 14.0. The molecule has 0 amide bonds. The van der Waals surface area contributed by atoms with E-state index in [0.29, 0.717) is 19.3 Å². The van der Waals surface area contributed by atoms with Crippen molar-refractivity contribution in [1.82, 2.24) is 15.1 Å². The molecule has 3 heterocycles. The molecule has 0 saturated carbocycles. The Bertz CT molecular complexity index is 720. The summed E-state index contributed by atoms with van der Waals surface area (Å²) in [6, 6.07) is 8.71. The number of hydrogen-bond donors (Lipinski definition) is 1. The zero-order valence-electron chi connectivity index (χ0n) is 20.3. The summed E-state index contributed by atoms with van der Waals surface area (Å²) in [7, 11) is 0. The van der Waals surface area contributed by atoms with E-state index in [0.717, 1.165) is 57.6 Å². The van der Waals surface area contributed by atoms with Gasteiger partial charge in [-0.2, -0.15) is 0 Å². The summed E-state index contributed by atoms with van der Waals surface area (Å²) in [6.07, 6.45) is 7.78. The summed E-state index contributed by atoms with van der Waals surface area (Å²) in [6.45, 7) is 12.2. The van der Waals surface area contributed by atoms with Crippen LogP contribution in [-0.2, 0) is 22.6 Å². The van der Waals surface area contributed by atoms with E-state index >= 15 is 0 Å². The van der Waals surface area contributed by atoms with Gasteiger partial charge in [-0.3, -0.25) is 0 Å². The van der Waals surface area contributed by atoms with Gasteiger partial charge in [0, 0.05) is 39.4 Å². The number of ether oxygens (including phenoxy) is 2. The average molecular weight is 571 g/mol. The van der Waals surface area contributed by atoms with E-state index in [4.69, 9.17) is 14.5 Å². The third-order valence-corrected chi connectivity index (χ3v) is 6.94. The summed E-state index contributed by atoms with van der Waals surface area (Å²) in [5, 5.41) is 3.53. The minimum absolute atomic E-state index is 0. The summed E-state index contributed by atoms with van der Waals surface area (Å²) >= 11 is 0. The third-order valence-electron chi connectivity index (χ3n) is 6.94. The highest BCUT2D eigenvalue weighted by Crippen LogP contribution is 2.20. The van der Waals surface area contributed by atoms with Crippen molar-refractivity contribution in [1.29, 1.82) is 0 Å². The molecule has 4 rings (SSSR count). The normalized spacial score (nSPS) is 22.9. The van der Waals surface area contributed by atoms with E-state index in [-0.39, 0.29) is 24.0 Å². The molecule has 6 nitrogen and oxygen atoms in total. The Balaban J connectivity index is 0.00000306. The summed E-state index contributed by atoms with van der Waals surface area (Å²) in [4.78, 5) is 10.1. The number of benzene rings is 1. The van der Waals surface area contributed by atoms with E-state index < -0.39 is 0 Å². The molecule has 186 valence electrons. The van der Waals surface area contributed by atoms with Crippen LogP contribution in [0.1, 0.15) is 56.6 Å². The van der Waals surface area contributed by atoms with E-state index in [1.807, 2.05) is 0 Å². The second-order valence-electron chi connectivity index (χ2n) is 9.57. The standard InChI is InChI=1S/C26H42N4O2.HI/c1-2-27-26(30-14-9-24(20-30)19-29-12-4-3-5-13-29)28-18-22-7-6-8-23(17-22)21-32-25-10-15-31-16-11-25;/h6-8,17,24-25H,2-5,9-16,18-21H2,1H3,(H,27,28);1H. The number of hydrogen-bond acceptors (Lipinski definition) is 4. The Morgan fingerprint density at radius 3 is 2.67 bits per heavy atom. The lowest BCUT2D eigenvalue weighted by atomic mass is 10.1. The van der Waals surface area contributed by atoms with Gasteiger partial charge >= 0.3 is 0 Å². The molecule has 0 aliphatic carbocycles. The van der Waals surface area contributed by atoms with Crippen LogP contribution >= 0.6 is 24.0 Å². The number of piperidine rings is 1. The maximum Gasteiger partial charge on any atom is 0.194 e. The van der Waals surface area contributed by atoms with Crippen molar-refractivity contribution in [3.8, 4) is 0 Å². The van der Waals surface area contributed by atoms with Crippen LogP contribution in [0.4, 0.5) is 0 Å². The molecule has 1 aromatic carbocycles. The first kappa shape index (κ1) is 26.7. The number of likely N-dealkylation sites (tertiary alicyclic amines) is 2. The third kappa shape index (κ3) is 8.67. The van der Waals surface area contributed by atoms with Crippen LogP contribution in [0.15, 0.2) is 29.3 Å².